The summed E-state index contributed by atoms with van der Waals surface area (Å²) in [5, 5.41) is 0. The van der Waals surface area contributed by atoms with Gasteiger partial charge in [0.2, 0.25) is 5.91 Å². The smallest absolute Gasteiger partial charge is 0.310 e. The summed E-state index contributed by atoms with van der Waals surface area (Å²) in [5.41, 5.74) is 2.14. The maximum atomic E-state index is 12.5. The van der Waals surface area contributed by atoms with E-state index in [4.69, 9.17) is 9.47 Å². The van der Waals surface area contributed by atoms with Gasteiger partial charge in [0.05, 0.1) is 13.0 Å². The predicted molar refractivity (Wildman–Crippen MR) is 94.5 cm³/mol. The molecular weight excluding hydrogens is 306 g/mol. The van der Waals surface area contributed by atoms with Crippen LogP contribution in [0.15, 0.2) is 30.3 Å². The Hall–Kier alpha value is -2.14. The molecule has 5 nitrogen and oxygen atoms in total. The molecule has 132 valence electrons. The van der Waals surface area contributed by atoms with E-state index in [0.29, 0.717) is 26.1 Å². The zero-order valence-electron chi connectivity index (χ0n) is 15.0. The summed E-state index contributed by atoms with van der Waals surface area (Å²) in [5.74, 6) is -0.807. The first kappa shape index (κ1) is 19.9. The molecule has 0 aromatic heterocycles. The lowest BCUT2D eigenvalue weighted by atomic mass is 10.1. The van der Waals surface area contributed by atoms with Gasteiger partial charge >= 0.3 is 5.97 Å². The molecule has 0 N–H and O–H groups in total. The Labute approximate surface area is 144 Å². The first-order chi connectivity index (χ1) is 11.5. The maximum Gasteiger partial charge on any atom is 0.310 e. The average molecular weight is 333 g/mol. The van der Waals surface area contributed by atoms with Gasteiger partial charge in [-0.3, -0.25) is 9.59 Å². The van der Waals surface area contributed by atoms with Gasteiger partial charge in [-0.25, -0.2) is 0 Å². The Morgan fingerprint density at radius 1 is 1.21 bits per heavy atom. The lowest BCUT2D eigenvalue weighted by Gasteiger charge is -2.23. The zero-order valence-corrected chi connectivity index (χ0v) is 15.0. The Morgan fingerprint density at radius 3 is 2.46 bits per heavy atom. The Kier molecular flexibility index (Phi) is 8.79. The summed E-state index contributed by atoms with van der Waals surface area (Å²) < 4.78 is 9.78. The third kappa shape index (κ3) is 6.96. The normalized spacial score (nSPS) is 12.2. The van der Waals surface area contributed by atoms with E-state index in [2.05, 4.69) is 0 Å². The molecule has 1 unspecified atom stereocenters. The SMILES string of the molecule is COCCCN(CC(C)C(=O)OC)C(=O)/C=C/c1ccc(C)cc1. The van der Waals surface area contributed by atoms with E-state index in [9.17, 15) is 9.59 Å². The van der Waals surface area contributed by atoms with E-state index >= 15 is 0 Å². The van der Waals surface area contributed by atoms with Crippen molar-refractivity contribution in [2.24, 2.45) is 5.92 Å². The predicted octanol–water partition coefficient (Wildman–Crippen LogP) is 2.68. The van der Waals surface area contributed by atoms with E-state index in [1.165, 1.54) is 12.7 Å². The summed E-state index contributed by atoms with van der Waals surface area (Å²) in [4.78, 5) is 25.7. The fourth-order valence-electron chi connectivity index (χ4n) is 2.25. The molecule has 1 atom stereocenters. The Bertz CT molecular complexity index is 551. The molecule has 0 aliphatic carbocycles. The lowest BCUT2D eigenvalue weighted by molar-refractivity contribution is -0.146. The minimum absolute atomic E-state index is 0.123. The monoisotopic (exact) mass is 333 g/mol. The first-order valence-electron chi connectivity index (χ1n) is 8.08. The van der Waals surface area contributed by atoms with E-state index in [0.717, 1.165) is 5.56 Å². The fourth-order valence-corrected chi connectivity index (χ4v) is 2.25. The number of amides is 1. The topological polar surface area (TPSA) is 55.8 Å². The summed E-state index contributed by atoms with van der Waals surface area (Å²) in [6.45, 7) is 5.20. The summed E-state index contributed by atoms with van der Waals surface area (Å²) in [6.07, 6.45) is 4.05. The molecular formula is C19H27NO4. The second-order valence-electron chi connectivity index (χ2n) is 5.80. The number of methoxy groups -OCH3 is 2. The van der Waals surface area contributed by atoms with Crippen molar-refractivity contribution >= 4 is 18.0 Å². The molecule has 0 spiro atoms. The number of carbonyl (C=O) groups excluding carboxylic acids is 2. The second-order valence-corrected chi connectivity index (χ2v) is 5.80. The van der Waals surface area contributed by atoms with Crippen molar-refractivity contribution in [1.29, 1.82) is 0 Å². The highest BCUT2D eigenvalue weighted by Crippen LogP contribution is 2.08. The summed E-state index contributed by atoms with van der Waals surface area (Å²) in [7, 11) is 2.98. The second kappa shape index (κ2) is 10.6. The molecule has 0 radical (unpaired) electrons. The van der Waals surface area contributed by atoms with Gasteiger partial charge in [-0.2, -0.15) is 0 Å². The lowest BCUT2D eigenvalue weighted by Crippen LogP contribution is -2.37. The van der Waals surface area contributed by atoms with Crippen LogP contribution in [0.5, 0.6) is 0 Å². The molecule has 5 heteroatoms. The van der Waals surface area contributed by atoms with Crippen LogP contribution in [0, 0.1) is 12.8 Å². The van der Waals surface area contributed by atoms with Crippen LogP contribution in [0.3, 0.4) is 0 Å². The molecule has 1 amide bonds. The number of esters is 1. The average Bonchev–Trinajstić information content (AvgIpc) is 2.59. The number of benzene rings is 1. The molecule has 0 heterocycles. The van der Waals surface area contributed by atoms with Gasteiger partial charge in [0.25, 0.3) is 0 Å². The number of hydrogen-bond acceptors (Lipinski definition) is 4. The van der Waals surface area contributed by atoms with Crippen molar-refractivity contribution in [3.05, 3.63) is 41.5 Å². The highest BCUT2D eigenvalue weighted by atomic mass is 16.5. The molecule has 1 aromatic rings. The van der Waals surface area contributed by atoms with Crippen LogP contribution >= 0.6 is 0 Å². The van der Waals surface area contributed by atoms with Crippen LogP contribution < -0.4 is 0 Å². The summed E-state index contributed by atoms with van der Waals surface area (Å²) in [6, 6.07) is 7.93. The minimum atomic E-state index is -0.366. The van der Waals surface area contributed by atoms with E-state index in [1.807, 2.05) is 31.2 Å². The van der Waals surface area contributed by atoms with Gasteiger partial charge in [0.15, 0.2) is 0 Å². The van der Waals surface area contributed by atoms with Gasteiger partial charge in [0, 0.05) is 32.9 Å². The maximum absolute atomic E-state index is 12.5. The third-order valence-corrected chi connectivity index (χ3v) is 3.68. The number of hydrogen-bond donors (Lipinski definition) is 0. The quantitative estimate of drug-likeness (QED) is 0.396. The molecule has 24 heavy (non-hydrogen) atoms. The molecule has 0 saturated carbocycles. The molecule has 0 fully saturated rings. The van der Waals surface area contributed by atoms with Crippen molar-refractivity contribution in [3.8, 4) is 0 Å². The van der Waals surface area contributed by atoms with Crippen LogP contribution in [0.2, 0.25) is 0 Å². The molecule has 1 aromatic carbocycles. The number of aryl methyl sites for hydroxylation is 1. The molecule has 0 saturated heterocycles. The van der Waals surface area contributed by atoms with Gasteiger partial charge in [-0.05, 0) is 25.0 Å². The number of nitrogens with zero attached hydrogens (tertiary/aromatic N) is 1. The van der Waals surface area contributed by atoms with Crippen molar-refractivity contribution in [3.63, 3.8) is 0 Å². The standard InChI is InChI=1S/C19H27NO4/c1-15-6-8-17(9-7-15)10-11-18(21)20(12-5-13-23-3)14-16(2)19(22)24-4/h6-11,16H,5,12-14H2,1-4H3/b11-10+. The first-order valence-corrected chi connectivity index (χ1v) is 8.08. The Morgan fingerprint density at radius 2 is 1.88 bits per heavy atom. The van der Waals surface area contributed by atoms with Crippen LogP contribution in [-0.2, 0) is 19.1 Å². The minimum Gasteiger partial charge on any atom is -0.469 e. The third-order valence-electron chi connectivity index (χ3n) is 3.68. The van der Waals surface area contributed by atoms with Crippen molar-refractivity contribution in [2.45, 2.75) is 20.3 Å². The largest absolute Gasteiger partial charge is 0.469 e. The fraction of sp³-hybridized carbons (Fsp3) is 0.474. The van der Waals surface area contributed by atoms with Crippen molar-refractivity contribution in [1.82, 2.24) is 4.90 Å². The van der Waals surface area contributed by atoms with Gasteiger partial charge in [0.1, 0.15) is 0 Å². The van der Waals surface area contributed by atoms with Gasteiger partial charge < -0.3 is 14.4 Å². The molecule has 0 aliphatic rings. The highest BCUT2D eigenvalue weighted by Gasteiger charge is 2.20. The Balaban J connectivity index is 2.74. The van der Waals surface area contributed by atoms with Crippen LogP contribution in [0.1, 0.15) is 24.5 Å². The van der Waals surface area contributed by atoms with E-state index in [1.54, 1.807) is 31.1 Å². The van der Waals surface area contributed by atoms with E-state index in [-0.39, 0.29) is 17.8 Å². The van der Waals surface area contributed by atoms with Gasteiger partial charge in [-0.1, -0.05) is 36.8 Å². The molecule has 0 bridgehead atoms. The van der Waals surface area contributed by atoms with Crippen LogP contribution in [0.4, 0.5) is 0 Å². The number of rotatable bonds is 9. The van der Waals surface area contributed by atoms with Crippen LogP contribution in [-0.4, -0.2) is 50.7 Å². The zero-order chi connectivity index (χ0) is 17.9. The van der Waals surface area contributed by atoms with E-state index < -0.39 is 0 Å². The van der Waals surface area contributed by atoms with Crippen molar-refractivity contribution in [2.75, 3.05) is 33.9 Å². The molecule has 1 rings (SSSR count). The number of ether oxygens (including phenoxy) is 2. The molecule has 0 aliphatic heterocycles. The number of carbonyl (C=O) groups is 2. The summed E-state index contributed by atoms with van der Waals surface area (Å²) >= 11 is 0. The van der Waals surface area contributed by atoms with Crippen LogP contribution in [0.25, 0.3) is 6.08 Å². The van der Waals surface area contributed by atoms with Gasteiger partial charge in [-0.15, -0.1) is 0 Å². The van der Waals surface area contributed by atoms with Crippen molar-refractivity contribution < 1.29 is 19.1 Å². The highest BCUT2D eigenvalue weighted by molar-refractivity contribution is 5.92.